The predicted molar refractivity (Wildman–Crippen MR) is 99.3 cm³/mol. The molecular formula is C20H25NO3S. The van der Waals surface area contributed by atoms with Gasteiger partial charge in [-0.05, 0) is 67.9 Å². The summed E-state index contributed by atoms with van der Waals surface area (Å²) in [5.41, 5.74) is 2.57. The topological polar surface area (TPSA) is 55.4 Å². The summed E-state index contributed by atoms with van der Waals surface area (Å²) in [6.45, 7) is 2.42. The molecule has 0 radical (unpaired) electrons. The zero-order valence-corrected chi connectivity index (χ0v) is 15.6. The average molecular weight is 359 g/mol. The first-order valence-corrected chi connectivity index (χ1v) is 10.1. The molecule has 2 aromatic rings. The summed E-state index contributed by atoms with van der Waals surface area (Å²) in [6, 6.07) is 15.1. The molecular weight excluding hydrogens is 334 g/mol. The van der Waals surface area contributed by atoms with Crippen LogP contribution in [0, 0.1) is 12.3 Å². The van der Waals surface area contributed by atoms with Crippen LogP contribution >= 0.6 is 0 Å². The van der Waals surface area contributed by atoms with E-state index in [2.05, 4.69) is 16.9 Å². The van der Waals surface area contributed by atoms with Crippen molar-refractivity contribution in [3.8, 4) is 5.75 Å². The third-order valence-electron chi connectivity index (χ3n) is 4.97. The molecule has 4 nitrogen and oxygen atoms in total. The first-order chi connectivity index (χ1) is 11.9. The second-order valence-corrected chi connectivity index (χ2v) is 8.75. The molecule has 1 saturated carbocycles. The normalized spacial score (nSPS) is 15.8. The molecule has 2 aromatic carbocycles. The Morgan fingerprint density at radius 3 is 2.24 bits per heavy atom. The van der Waals surface area contributed by atoms with Crippen LogP contribution in [-0.2, 0) is 16.4 Å². The number of rotatable bonds is 8. The molecule has 0 unspecified atom stereocenters. The maximum Gasteiger partial charge on any atom is 0.240 e. The van der Waals surface area contributed by atoms with Crippen LogP contribution in [0.1, 0.15) is 30.4 Å². The molecule has 0 bridgehead atoms. The summed E-state index contributed by atoms with van der Waals surface area (Å²) in [5, 5.41) is 0. The van der Waals surface area contributed by atoms with Gasteiger partial charge in [0.2, 0.25) is 10.0 Å². The molecule has 25 heavy (non-hydrogen) atoms. The van der Waals surface area contributed by atoms with Gasteiger partial charge in [-0.1, -0.05) is 29.8 Å². The van der Waals surface area contributed by atoms with Gasteiger partial charge in [0.15, 0.2) is 0 Å². The number of hydrogen-bond acceptors (Lipinski definition) is 3. The average Bonchev–Trinajstić information content (AvgIpc) is 3.35. The van der Waals surface area contributed by atoms with Gasteiger partial charge in [0.05, 0.1) is 12.0 Å². The maximum atomic E-state index is 12.4. The number of benzene rings is 2. The molecule has 1 aliphatic carbocycles. The van der Waals surface area contributed by atoms with Gasteiger partial charge in [-0.3, -0.25) is 0 Å². The summed E-state index contributed by atoms with van der Waals surface area (Å²) >= 11 is 0. The molecule has 0 aliphatic heterocycles. The van der Waals surface area contributed by atoms with Crippen LogP contribution in [-0.4, -0.2) is 22.1 Å². The Morgan fingerprint density at radius 1 is 1.04 bits per heavy atom. The number of hydrogen-bond donors (Lipinski definition) is 1. The minimum Gasteiger partial charge on any atom is -0.497 e. The molecule has 0 spiro atoms. The quantitative estimate of drug-likeness (QED) is 0.782. The predicted octanol–water partition coefficient (Wildman–Crippen LogP) is 3.69. The van der Waals surface area contributed by atoms with E-state index in [4.69, 9.17) is 4.74 Å². The van der Waals surface area contributed by atoms with Gasteiger partial charge in [-0.2, -0.15) is 0 Å². The zero-order chi connectivity index (χ0) is 17.9. The highest BCUT2D eigenvalue weighted by atomic mass is 32.2. The van der Waals surface area contributed by atoms with E-state index in [9.17, 15) is 8.42 Å². The minimum atomic E-state index is -3.42. The van der Waals surface area contributed by atoms with E-state index in [0.29, 0.717) is 11.4 Å². The Labute approximate surface area is 150 Å². The number of sulfonamides is 1. The number of methoxy groups -OCH3 is 1. The minimum absolute atomic E-state index is 0.240. The van der Waals surface area contributed by atoms with Crippen LogP contribution in [0.2, 0.25) is 0 Å². The zero-order valence-electron chi connectivity index (χ0n) is 14.8. The third kappa shape index (κ3) is 4.61. The SMILES string of the molecule is COc1ccc(CC2(CCNS(=O)(=O)c3ccc(C)cc3)CC2)cc1. The molecule has 1 aliphatic rings. The molecule has 1 N–H and O–H groups in total. The second kappa shape index (κ2) is 7.18. The van der Waals surface area contributed by atoms with E-state index in [0.717, 1.165) is 37.0 Å². The molecule has 5 heteroatoms. The molecule has 134 valence electrons. The fraction of sp³-hybridized carbons (Fsp3) is 0.400. The smallest absolute Gasteiger partial charge is 0.240 e. The summed E-state index contributed by atoms with van der Waals surface area (Å²) in [4.78, 5) is 0.332. The van der Waals surface area contributed by atoms with E-state index in [1.54, 1.807) is 19.2 Å². The second-order valence-electron chi connectivity index (χ2n) is 6.99. The Kier molecular flexibility index (Phi) is 5.16. The standard InChI is InChI=1S/C20H25NO3S/c1-16-3-9-19(10-4-16)25(22,23)21-14-13-20(11-12-20)15-17-5-7-18(24-2)8-6-17/h3-10,21H,11-15H2,1-2H3. The van der Waals surface area contributed by atoms with Crippen molar-refractivity contribution in [1.29, 1.82) is 0 Å². The van der Waals surface area contributed by atoms with E-state index < -0.39 is 10.0 Å². The fourth-order valence-electron chi connectivity index (χ4n) is 3.12. The largest absolute Gasteiger partial charge is 0.497 e. The molecule has 0 heterocycles. The van der Waals surface area contributed by atoms with Gasteiger partial charge in [0.25, 0.3) is 0 Å². The summed E-state index contributed by atoms with van der Waals surface area (Å²) < 4.78 is 32.6. The van der Waals surface area contributed by atoms with Crippen LogP contribution in [0.25, 0.3) is 0 Å². The molecule has 0 saturated heterocycles. The van der Waals surface area contributed by atoms with Crippen molar-refractivity contribution in [1.82, 2.24) is 4.72 Å². The van der Waals surface area contributed by atoms with Crippen molar-refractivity contribution >= 4 is 10.0 Å². The van der Waals surface area contributed by atoms with Crippen molar-refractivity contribution in [3.05, 3.63) is 59.7 Å². The van der Waals surface area contributed by atoms with Crippen LogP contribution in [0.15, 0.2) is 53.4 Å². The van der Waals surface area contributed by atoms with E-state index in [1.807, 2.05) is 31.2 Å². The highest BCUT2D eigenvalue weighted by molar-refractivity contribution is 7.89. The first kappa shape index (κ1) is 18.0. The summed E-state index contributed by atoms with van der Waals surface area (Å²) in [6.07, 6.45) is 4.17. The molecule has 3 rings (SSSR count). The molecule has 0 atom stereocenters. The molecule has 0 amide bonds. The van der Waals surface area contributed by atoms with Gasteiger partial charge < -0.3 is 4.74 Å². The van der Waals surface area contributed by atoms with Gasteiger partial charge in [0.1, 0.15) is 5.75 Å². The van der Waals surface area contributed by atoms with Crippen molar-refractivity contribution in [3.63, 3.8) is 0 Å². The van der Waals surface area contributed by atoms with Gasteiger partial charge in [-0.15, -0.1) is 0 Å². The molecule has 0 aromatic heterocycles. The lowest BCUT2D eigenvalue weighted by atomic mass is 9.93. The lowest BCUT2D eigenvalue weighted by Crippen LogP contribution is -2.27. The van der Waals surface area contributed by atoms with E-state index >= 15 is 0 Å². The third-order valence-corrected chi connectivity index (χ3v) is 6.45. The van der Waals surface area contributed by atoms with Crippen LogP contribution < -0.4 is 9.46 Å². The van der Waals surface area contributed by atoms with Crippen LogP contribution in [0.3, 0.4) is 0 Å². The van der Waals surface area contributed by atoms with E-state index in [-0.39, 0.29) is 5.41 Å². The first-order valence-electron chi connectivity index (χ1n) is 8.62. The van der Waals surface area contributed by atoms with Crippen LogP contribution in [0.5, 0.6) is 5.75 Å². The van der Waals surface area contributed by atoms with E-state index in [1.165, 1.54) is 5.56 Å². The monoisotopic (exact) mass is 359 g/mol. The van der Waals surface area contributed by atoms with Crippen LogP contribution in [0.4, 0.5) is 0 Å². The summed E-state index contributed by atoms with van der Waals surface area (Å²) in [5.74, 6) is 0.861. The van der Waals surface area contributed by atoms with Gasteiger partial charge in [0, 0.05) is 6.54 Å². The number of aryl methyl sites for hydroxylation is 1. The van der Waals surface area contributed by atoms with Crippen molar-refractivity contribution < 1.29 is 13.2 Å². The Bertz CT molecular complexity index is 807. The highest BCUT2D eigenvalue weighted by Gasteiger charge is 2.41. The Hall–Kier alpha value is -1.85. The lowest BCUT2D eigenvalue weighted by Gasteiger charge is -2.16. The van der Waals surface area contributed by atoms with Gasteiger partial charge >= 0.3 is 0 Å². The fourth-order valence-corrected chi connectivity index (χ4v) is 4.15. The van der Waals surface area contributed by atoms with Crippen molar-refractivity contribution in [2.45, 2.75) is 37.5 Å². The van der Waals surface area contributed by atoms with Gasteiger partial charge in [-0.25, -0.2) is 13.1 Å². The summed E-state index contributed by atoms with van der Waals surface area (Å²) in [7, 11) is -1.76. The maximum absolute atomic E-state index is 12.4. The van der Waals surface area contributed by atoms with Crippen molar-refractivity contribution in [2.75, 3.05) is 13.7 Å². The number of nitrogens with one attached hydrogen (secondary N) is 1. The highest BCUT2D eigenvalue weighted by Crippen LogP contribution is 2.51. The lowest BCUT2D eigenvalue weighted by molar-refractivity contribution is 0.414. The Morgan fingerprint density at radius 2 is 1.68 bits per heavy atom. The number of ether oxygens (including phenoxy) is 1. The molecule has 1 fully saturated rings. The van der Waals surface area contributed by atoms with Crippen molar-refractivity contribution in [2.24, 2.45) is 5.41 Å². The Balaban J connectivity index is 1.54.